The summed E-state index contributed by atoms with van der Waals surface area (Å²) in [7, 11) is 0. The van der Waals surface area contributed by atoms with Gasteiger partial charge >= 0.3 is 0 Å². The monoisotopic (exact) mass is 716 g/mol. The van der Waals surface area contributed by atoms with Gasteiger partial charge in [0, 0.05) is 50.6 Å². The molecule has 0 aromatic heterocycles. The fourth-order valence-electron chi connectivity index (χ4n) is 10.2. The van der Waals surface area contributed by atoms with Crippen molar-refractivity contribution in [2.75, 3.05) is 9.80 Å². The van der Waals surface area contributed by atoms with Crippen LogP contribution >= 0.6 is 0 Å². The van der Waals surface area contributed by atoms with Crippen LogP contribution in [0.25, 0.3) is 11.1 Å². The Morgan fingerprint density at radius 2 is 0.732 bits per heavy atom. The number of hydrogen-bond donors (Lipinski definition) is 0. The molecule has 8 heteroatoms. The van der Waals surface area contributed by atoms with E-state index in [2.05, 4.69) is 168 Å². The van der Waals surface area contributed by atoms with Crippen LogP contribution in [0.4, 0.5) is 34.1 Å². The third-order valence-corrected chi connectivity index (χ3v) is 12.3. The van der Waals surface area contributed by atoms with E-state index >= 15 is 0 Å². The van der Waals surface area contributed by atoms with Crippen LogP contribution in [0.3, 0.4) is 0 Å². The lowest BCUT2D eigenvalue weighted by atomic mass is 9.33. The molecule has 0 N–H and O–H groups in total. The fourth-order valence-corrected chi connectivity index (χ4v) is 10.2. The number of hydrogen-bond acceptors (Lipinski definition) is 6. The highest BCUT2D eigenvalue weighted by Crippen LogP contribution is 2.50. The second kappa shape index (κ2) is 10.3. The molecule has 0 saturated heterocycles. The first kappa shape index (κ1) is 29.1. The van der Waals surface area contributed by atoms with E-state index < -0.39 is 0 Å². The van der Waals surface area contributed by atoms with Crippen molar-refractivity contribution in [3.8, 4) is 57.1 Å². The normalized spacial score (nSPS) is 14.5. The molecular weight excluding hydrogens is 690 g/mol. The summed E-state index contributed by atoms with van der Waals surface area (Å²) in [5.41, 5.74) is 15.3. The van der Waals surface area contributed by atoms with Gasteiger partial charge in [0.1, 0.15) is 46.0 Å². The number of rotatable bonds is 3. The predicted octanol–water partition coefficient (Wildman–Crippen LogP) is 8.38. The highest BCUT2D eigenvalue weighted by Gasteiger charge is 2.50. The van der Waals surface area contributed by atoms with E-state index in [1.54, 1.807) is 0 Å². The Hall–Kier alpha value is -7.31. The molecule has 6 heterocycles. The first-order chi connectivity index (χ1) is 27.8. The van der Waals surface area contributed by atoms with Gasteiger partial charge in [0.2, 0.25) is 0 Å². The Kier molecular flexibility index (Phi) is 5.33. The molecule has 258 valence electrons. The lowest BCUT2D eigenvalue weighted by molar-refractivity contribution is 0.463. The molecule has 0 amide bonds. The molecule has 6 aliphatic rings. The van der Waals surface area contributed by atoms with Crippen molar-refractivity contribution >= 4 is 80.3 Å². The summed E-state index contributed by atoms with van der Waals surface area (Å²) in [5, 5.41) is 0. The van der Waals surface area contributed by atoms with Crippen molar-refractivity contribution in [1.82, 2.24) is 0 Å². The Morgan fingerprint density at radius 3 is 1.21 bits per heavy atom. The largest absolute Gasteiger partial charge is 0.458 e. The van der Waals surface area contributed by atoms with Crippen LogP contribution < -0.4 is 61.5 Å². The van der Waals surface area contributed by atoms with Gasteiger partial charge in [-0.25, -0.2) is 0 Å². The standard InChI is InChI=1S/C48H26B2N2O4/c1-3-11-28(12-4-1)51-31-15-8-20-36-42(31)49-43-32(51)16-9-21-37(43)55-41-26-27(25-40(54-36)46(41)49)30-23-24-39-47-48(30)56-38-22-10-18-34-45(38)50(47)44-33(17-7-19-35(44)53-39)52(34)29-13-5-2-6-14-29/h1-26H. The lowest BCUT2D eigenvalue weighted by Gasteiger charge is -2.43. The molecule has 0 aliphatic carbocycles. The van der Waals surface area contributed by atoms with E-state index in [1.807, 2.05) is 0 Å². The van der Waals surface area contributed by atoms with Gasteiger partial charge in [0.25, 0.3) is 13.4 Å². The van der Waals surface area contributed by atoms with Gasteiger partial charge in [-0.1, -0.05) is 60.7 Å². The molecule has 56 heavy (non-hydrogen) atoms. The number of nitrogens with zero attached hydrogens (tertiary/aromatic N) is 2. The van der Waals surface area contributed by atoms with E-state index in [0.29, 0.717) is 0 Å². The predicted molar refractivity (Wildman–Crippen MR) is 224 cm³/mol. The minimum absolute atomic E-state index is 0.0320. The molecule has 0 saturated carbocycles. The van der Waals surface area contributed by atoms with Crippen molar-refractivity contribution < 1.29 is 18.9 Å². The minimum atomic E-state index is -0.0614. The molecule has 6 aliphatic heterocycles. The number of benzene rings is 8. The van der Waals surface area contributed by atoms with Gasteiger partial charge in [0.05, 0.1) is 0 Å². The zero-order chi connectivity index (χ0) is 36.2. The van der Waals surface area contributed by atoms with Crippen molar-refractivity contribution in [2.24, 2.45) is 0 Å². The zero-order valence-corrected chi connectivity index (χ0v) is 29.7. The summed E-state index contributed by atoms with van der Waals surface area (Å²) in [6, 6.07) is 55.2. The summed E-state index contributed by atoms with van der Waals surface area (Å²) in [4.78, 5) is 4.67. The molecule has 0 spiro atoms. The van der Waals surface area contributed by atoms with Crippen LogP contribution in [0, 0.1) is 0 Å². The summed E-state index contributed by atoms with van der Waals surface area (Å²) in [5.74, 6) is 6.64. The SMILES string of the molecule is c1ccc(N2c3cccc4c3B3c5c(cc(-c6ccc7c8c6Oc6cccc9c6B8c6c(cccc6N9c6ccccc6)O7)cc5Oc5cccc2c53)O4)cc1. The highest BCUT2D eigenvalue weighted by atomic mass is 16.5. The van der Waals surface area contributed by atoms with Crippen LogP contribution in [0.1, 0.15) is 0 Å². The molecule has 0 radical (unpaired) electrons. The molecule has 0 fully saturated rings. The molecule has 0 unspecified atom stereocenters. The van der Waals surface area contributed by atoms with Gasteiger partial charge in [-0.2, -0.15) is 0 Å². The van der Waals surface area contributed by atoms with Crippen LogP contribution in [-0.2, 0) is 0 Å². The van der Waals surface area contributed by atoms with Crippen molar-refractivity contribution in [1.29, 1.82) is 0 Å². The summed E-state index contributed by atoms with van der Waals surface area (Å²) in [6.07, 6.45) is 0. The third-order valence-electron chi connectivity index (χ3n) is 12.3. The third kappa shape index (κ3) is 3.55. The Bertz CT molecular complexity index is 2980. The molecule has 6 nitrogen and oxygen atoms in total. The van der Waals surface area contributed by atoms with E-state index in [9.17, 15) is 0 Å². The van der Waals surface area contributed by atoms with Gasteiger partial charge in [-0.3, -0.25) is 0 Å². The second-order valence-electron chi connectivity index (χ2n) is 15.1. The van der Waals surface area contributed by atoms with E-state index in [1.165, 1.54) is 0 Å². The zero-order valence-electron chi connectivity index (χ0n) is 29.7. The van der Waals surface area contributed by atoms with Gasteiger partial charge in [-0.05, 0) is 124 Å². The topological polar surface area (TPSA) is 43.4 Å². The molecule has 8 aromatic carbocycles. The molecule has 0 bridgehead atoms. The summed E-state index contributed by atoms with van der Waals surface area (Å²) < 4.78 is 27.7. The van der Waals surface area contributed by atoms with Crippen molar-refractivity contribution in [3.05, 3.63) is 158 Å². The van der Waals surface area contributed by atoms with E-state index in [-0.39, 0.29) is 13.4 Å². The Labute approximate surface area is 322 Å². The number of ether oxygens (including phenoxy) is 4. The maximum absolute atomic E-state index is 7.07. The number of anilines is 6. The first-order valence-corrected chi connectivity index (χ1v) is 19.1. The molecule has 14 rings (SSSR count). The van der Waals surface area contributed by atoms with E-state index in [4.69, 9.17) is 18.9 Å². The fraction of sp³-hybridized carbons (Fsp3) is 0. The Morgan fingerprint density at radius 1 is 0.321 bits per heavy atom. The summed E-state index contributed by atoms with van der Waals surface area (Å²) >= 11 is 0. The Balaban J connectivity index is 0.964. The molecular formula is C48H26B2N2O4. The maximum atomic E-state index is 7.07. The first-order valence-electron chi connectivity index (χ1n) is 19.1. The molecule has 8 aromatic rings. The average Bonchev–Trinajstić information content (AvgIpc) is 3.24. The smallest absolute Gasteiger partial charge is 0.266 e. The van der Waals surface area contributed by atoms with Crippen molar-refractivity contribution in [3.63, 3.8) is 0 Å². The van der Waals surface area contributed by atoms with Crippen LogP contribution in [0.5, 0.6) is 46.0 Å². The maximum Gasteiger partial charge on any atom is 0.266 e. The summed E-state index contributed by atoms with van der Waals surface area (Å²) in [6.45, 7) is -0.0934. The second-order valence-corrected chi connectivity index (χ2v) is 15.1. The quantitative estimate of drug-likeness (QED) is 0.171. The molecule has 0 atom stereocenters. The van der Waals surface area contributed by atoms with Crippen molar-refractivity contribution in [2.45, 2.75) is 0 Å². The van der Waals surface area contributed by atoms with Crippen LogP contribution in [0.15, 0.2) is 158 Å². The minimum Gasteiger partial charge on any atom is -0.458 e. The van der Waals surface area contributed by atoms with E-state index in [0.717, 1.165) is 124 Å². The lowest BCUT2D eigenvalue weighted by Crippen LogP contribution is -2.61. The highest BCUT2D eigenvalue weighted by molar-refractivity contribution is 7.01. The van der Waals surface area contributed by atoms with Gasteiger partial charge in [0.15, 0.2) is 0 Å². The van der Waals surface area contributed by atoms with Gasteiger partial charge < -0.3 is 28.7 Å². The van der Waals surface area contributed by atoms with Crippen LogP contribution in [0.2, 0.25) is 0 Å². The number of para-hydroxylation sites is 2. The van der Waals surface area contributed by atoms with Gasteiger partial charge in [-0.15, -0.1) is 0 Å². The average molecular weight is 716 g/mol. The van der Waals surface area contributed by atoms with Crippen LogP contribution in [-0.4, -0.2) is 13.4 Å².